The smallest absolute Gasteiger partial charge is 0.264 e. The Hall–Kier alpha value is -2.45. The van der Waals surface area contributed by atoms with Crippen molar-refractivity contribution in [3.8, 4) is 0 Å². The molecule has 8 heteroatoms. The van der Waals surface area contributed by atoms with Crippen LogP contribution < -0.4 is 10.8 Å². The molecule has 4 rings (SSSR count). The van der Waals surface area contributed by atoms with E-state index < -0.39 is 0 Å². The van der Waals surface area contributed by atoms with Gasteiger partial charge >= 0.3 is 0 Å². The minimum atomic E-state index is -0.176. The number of hydrogen-bond donors (Lipinski definition) is 1. The van der Waals surface area contributed by atoms with Gasteiger partial charge in [0.05, 0.1) is 22.3 Å². The highest BCUT2D eigenvalue weighted by atomic mass is 32.2. The second-order valence-corrected chi connectivity index (χ2v) is 6.61. The van der Waals surface area contributed by atoms with Crippen molar-refractivity contribution < 1.29 is 4.79 Å². The number of para-hydroxylation sites is 1. The summed E-state index contributed by atoms with van der Waals surface area (Å²) in [6.45, 7) is 0. The van der Waals surface area contributed by atoms with E-state index in [4.69, 9.17) is 7.85 Å². The first-order valence-electron chi connectivity index (χ1n) is 7.05. The molecule has 1 saturated heterocycles. The summed E-state index contributed by atoms with van der Waals surface area (Å²) in [5, 5.41) is 3.27. The fourth-order valence-electron chi connectivity index (χ4n) is 2.22. The minimum absolute atomic E-state index is 0.176. The lowest BCUT2D eigenvalue weighted by Crippen LogP contribution is -2.19. The SMILES string of the molecule is [B]c1ccccc1N=C1NC(=O)/C(=C/c2ccc3nsnc3c2)S1. The number of carbonyl (C=O) groups excluding carboxylic acids is 1. The van der Waals surface area contributed by atoms with Crippen molar-refractivity contribution in [1.82, 2.24) is 14.1 Å². The van der Waals surface area contributed by atoms with Gasteiger partial charge in [0.1, 0.15) is 18.9 Å². The largest absolute Gasteiger partial charge is 0.300 e. The predicted molar refractivity (Wildman–Crippen MR) is 100 cm³/mol. The van der Waals surface area contributed by atoms with Gasteiger partial charge in [-0.3, -0.25) is 4.79 Å². The Morgan fingerprint density at radius 1 is 1.12 bits per heavy atom. The van der Waals surface area contributed by atoms with Gasteiger partial charge in [-0.05, 0) is 41.6 Å². The van der Waals surface area contributed by atoms with Crippen LogP contribution in [0.1, 0.15) is 5.56 Å². The molecule has 0 atom stereocenters. The first-order valence-corrected chi connectivity index (χ1v) is 8.60. The molecule has 1 aliphatic heterocycles. The van der Waals surface area contributed by atoms with Crippen molar-refractivity contribution in [2.24, 2.45) is 4.99 Å². The molecule has 0 saturated carbocycles. The van der Waals surface area contributed by atoms with Gasteiger partial charge in [0.2, 0.25) is 0 Å². The van der Waals surface area contributed by atoms with E-state index in [1.807, 2.05) is 36.4 Å². The Labute approximate surface area is 147 Å². The molecule has 0 unspecified atom stereocenters. The molecule has 2 heterocycles. The average molecular weight is 348 g/mol. The molecular weight excluding hydrogens is 339 g/mol. The molecule has 5 nitrogen and oxygen atoms in total. The Bertz CT molecular complexity index is 1010. The summed E-state index contributed by atoms with van der Waals surface area (Å²) in [7, 11) is 5.88. The van der Waals surface area contributed by atoms with Gasteiger partial charge in [-0.1, -0.05) is 29.7 Å². The predicted octanol–water partition coefficient (Wildman–Crippen LogP) is 2.38. The molecular formula is C16H9BN4OS2. The van der Waals surface area contributed by atoms with Gasteiger partial charge in [-0.15, -0.1) is 0 Å². The molecule has 0 aliphatic carbocycles. The first-order chi connectivity index (χ1) is 11.7. The topological polar surface area (TPSA) is 67.2 Å². The molecule has 24 heavy (non-hydrogen) atoms. The van der Waals surface area contributed by atoms with Crippen molar-refractivity contribution in [3.63, 3.8) is 0 Å². The summed E-state index contributed by atoms with van der Waals surface area (Å²) in [5.41, 5.74) is 3.78. The van der Waals surface area contributed by atoms with Crippen LogP contribution in [-0.2, 0) is 4.79 Å². The van der Waals surface area contributed by atoms with Crippen LogP contribution in [-0.4, -0.2) is 27.7 Å². The van der Waals surface area contributed by atoms with Crippen molar-refractivity contribution in [3.05, 3.63) is 52.9 Å². The van der Waals surface area contributed by atoms with E-state index in [0.29, 0.717) is 21.2 Å². The van der Waals surface area contributed by atoms with Gasteiger partial charge in [-0.2, -0.15) is 8.75 Å². The van der Waals surface area contributed by atoms with Crippen LogP contribution in [0.15, 0.2) is 52.4 Å². The van der Waals surface area contributed by atoms with Crippen LogP contribution >= 0.6 is 23.5 Å². The number of hydrogen-bond acceptors (Lipinski definition) is 6. The molecule has 0 spiro atoms. The molecule has 114 valence electrons. The lowest BCUT2D eigenvalue weighted by atomic mass is 9.94. The number of carbonyl (C=O) groups is 1. The van der Waals surface area contributed by atoms with Gasteiger partial charge in [0.15, 0.2) is 5.17 Å². The number of nitrogens with zero attached hydrogens (tertiary/aromatic N) is 3. The van der Waals surface area contributed by atoms with E-state index in [-0.39, 0.29) is 5.91 Å². The van der Waals surface area contributed by atoms with Gasteiger partial charge in [-0.25, -0.2) is 4.99 Å². The normalized spacial score (nSPS) is 17.8. The summed E-state index contributed by atoms with van der Waals surface area (Å²) in [6, 6.07) is 13.0. The van der Waals surface area contributed by atoms with Gasteiger partial charge in [0, 0.05) is 0 Å². The highest BCUT2D eigenvalue weighted by Gasteiger charge is 2.23. The maximum absolute atomic E-state index is 12.1. The molecule has 2 radical (unpaired) electrons. The molecule has 1 N–H and O–H groups in total. The van der Waals surface area contributed by atoms with Crippen LogP contribution in [0.3, 0.4) is 0 Å². The zero-order chi connectivity index (χ0) is 16.5. The molecule has 1 aliphatic rings. The van der Waals surface area contributed by atoms with Crippen molar-refractivity contribution >= 4 is 70.7 Å². The standard InChI is InChI=1S/C16H9BN4OS2/c17-10-3-1-2-4-11(10)18-16-19-15(22)14(23-16)8-9-5-6-12-13(7-9)21-24-20-12/h1-8H,(H,18,19,22)/b14-8-. The van der Waals surface area contributed by atoms with E-state index in [9.17, 15) is 4.79 Å². The van der Waals surface area contributed by atoms with Crippen molar-refractivity contribution in [2.75, 3.05) is 0 Å². The van der Waals surface area contributed by atoms with E-state index >= 15 is 0 Å². The maximum atomic E-state index is 12.1. The summed E-state index contributed by atoms with van der Waals surface area (Å²) in [6.07, 6.45) is 1.82. The minimum Gasteiger partial charge on any atom is -0.300 e. The molecule has 2 aromatic carbocycles. The molecule has 3 aromatic rings. The Morgan fingerprint density at radius 2 is 1.96 bits per heavy atom. The van der Waals surface area contributed by atoms with E-state index in [0.717, 1.165) is 16.6 Å². The van der Waals surface area contributed by atoms with E-state index in [2.05, 4.69) is 19.1 Å². The third kappa shape index (κ3) is 2.98. The Kier molecular flexibility index (Phi) is 3.91. The zero-order valence-corrected chi connectivity index (χ0v) is 13.9. The molecule has 1 fully saturated rings. The van der Waals surface area contributed by atoms with Gasteiger partial charge < -0.3 is 5.32 Å². The highest BCUT2D eigenvalue weighted by molar-refractivity contribution is 8.18. The Balaban J connectivity index is 1.63. The third-order valence-corrected chi connectivity index (χ3v) is 4.85. The first kappa shape index (κ1) is 15.1. The van der Waals surface area contributed by atoms with Gasteiger partial charge in [0.25, 0.3) is 5.91 Å². The lowest BCUT2D eigenvalue weighted by molar-refractivity contribution is -0.115. The van der Waals surface area contributed by atoms with Crippen LogP contribution in [0.5, 0.6) is 0 Å². The quantitative estimate of drug-likeness (QED) is 0.570. The van der Waals surface area contributed by atoms with Crippen LogP contribution in [0.2, 0.25) is 0 Å². The number of nitrogens with one attached hydrogen (secondary N) is 1. The number of amidine groups is 1. The monoisotopic (exact) mass is 348 g/mol. The van der Waals surface area contributed by atoms with Crippen molar-refractivity contribution in [1.29, 1.82) is 0 Å². The fraction of sp³-hybridized carbons (Fsp3) is 0. The summed E-state index contributed by atoms with van der Waals surface area (Å²) in [4.78, 5) is 17.1. The molecule has 0 bridgehead atoms. The maximum Gasteiger partial charge on any atom is 0.264 e. The number of aromatic nitrogens is 2. The van der Waals surface area contributed by atoms with E-state index in [1.54, 1.807) is 12.1 Å². The summed E-state index contributed by atoms with van der Waals surface area (Å²) < 4.78 is 8.38. The van der Waals surface area contributed by atoms with Crippen molar-refractivity contribution in [2.45, 2.75) is 0 Å². The number of aliphatic imine (C=N–C) groups is 1. The number of amides is 1. The lowest BCUT2D eigenvalue weighted by Gasteiger charge is -2.00. The van der Waals surface area contributed by atoms with Crippen LogP contribution in [0.25, 0.3) is 17.1 Å². The van der Waals surface area contributed by atoms with E-state index in [1.165, 1.54) is 23.5 Å². The number of rotatable bonds is 2. The third-order valence-electron chi connectivity index (χ3n) is 3.39. The second kappa shape index (κ2) is 6.22. The molecule has 1 aromatic heterocycles. The van der Waals surface area contributed by atoms with Crippen LogP contribution in [0.4, 0.5) is 5.69 Å². The fourth-order valence-corrected chi connectivity index (χ4v) is 3.57. The molecule has 1 amide bonds. The number of fused-ring (bicyclic) bond motifs is 1. The average Bonchev–Trinajstić information content (AvgIpc) is 3.16. The zero-order valence-electron chi connectivity index (χ0n) is 12.3. The summed E-state index contributed by atoms with van der Waals surface area (Å²) in [5.74, 6) is -0.176. The highest BCUT2D eigenvalue weighted by Crippen LogP contribution is 2.28. The Morgan fingerprint density at radius 3 is 2.83 bits per heavy atom. The second-order valence-electron chi connectivity index (χ2n) is 5.05. The van der Waals surface area contributed by atoms with Crippen LogP contribution in [0, 0.1) is 0 Å². The number of benzene rings is 2. The summed E-state index contributed by atoms with van der Waals surface area (Å²) >= 11 is 2.46. The number of thioether (sulfide) groups is 1.